The minimum Gasteiger partial charge on any atom is -0.462 e. The number of aliphatic hydroxyl groups excluding tert-OH is 4. The highest BCUT2D eigenvalue weighted by Crippen LogP contribution is 2.23. The highest BCUT2D eigenvalue weighted by molar-refractivity contribution is 5.70. The molecule has 1 saturated heterocycles. The van der Waals surface area contributed by atoms with Gasteiger partial charge in [0.05, 0.1) is 13.2 Å². The van der Waals surface area contributed by atoms with Crippen LogP contribution in [0, 0.1) is 0 Å². The van der Waals surface area contributed by atoms with Crippen LogP contribution in [0.5, 0.6) is 0 Å². The normalized spacial score (nSPS) is 19.1. The average Bonchev–Trinajstić information content (AvgIpc) is 3.35. The molecule has 1 rings (SSSR count). The zero-order chi connectivity index (χ0) is 50.1. The lowest BCUT2D eigenvalue weighted by Crippen LogP contribution is -2.59. The molecule has 0 amide bonds. The van der Waals surface area contributed by atoms with E-state index in [0.29, 0.717) is 6.42 Å². The van der Waals surface area contributed by atoms with Crippen molar-refractivity contribution in [2.24, 2.45) is 0 Å². The SMILES string of the molecule is CCCCCCC/C=C\C/C=C\CCCCCCCCCCCCCC(=O)OC(COC(=O)CCCCCCCCCCC/C=C\CCCCCCCCCC)COC1OC(CO)C(O)C(O)C1O. The number of rotatable bonds is 50. The lowest BCUT2D eigenvalue weighted by atomic mass is 9.99. The van der Waals surface area contributed by atoms with E-state index in [1.807, 2.05) is 0 Å². The van der Waals surface area contributed by atoms with Crippen molar-refractivity contribution in [3.05, 3.63) is 36.5 Å². The second-order valence-electron chi connectivity index (χ2n) is 20.1. The van der Waals surface area contributed by atoms with Crippen LogP contribution in [0.2, 0.25) is 0 Å². The smallest absolute Gasteiger partial charge is 0.306 e. The maximum atomic E-state index is 12.9. The number of carbonyl (C=O) groups excluding carboxylic acids is 2. The number of allylic oxidation sites excluding steroid dienone is 6. The fourth-order valence-electron chi connectivity index (χ4n) is 8.92. The van der Waals surface area contributed by atoms with Crippen molar-refractivity contribution >= 4 is 11.9 Å². The van der Waals surface area contributed by atoms with Gasteiger partial charge < -0.3 is 39.4 Å². The van der Waals surface area contributed by atoms with Gasteiger partial charge in [0.15, 0.2) is 12.4 Å². The van der Waals surface area contributed by atoms with Gasteiger partial charge in [-0.05, 0) is 70.6 Å². The number of hydrogen-bond acceptors (Lipinski definition) is 10. The molecule has 0 aromatic carbocycles. The predicted molar refractivity (Wildman–Crippen MR) is 284 cm³/mol. The molecule has 1 aliphatic rings. The number of carbonyl (C=O) groups is 2. The van der Waals surface area contributed by atoms with Gasteiger partial charge in [0, 0.05) is 12.8 Å². The summed E-state index contributed by atoms with van der Waals surface area (Å²) >= 11 is 0. The molecule has 6 unspecified atom stereocenters. The summed E-state index contributed by atoms with van der Waals surface area (Å²) in [6.45, 7) is 3.46. The molecule has 0 spiro atoms. The van der Waals surface area contributed by atoms with Crippen LogP contribution in [0.15, 0.2) is 36.5 Å². The second-order valence-corrected chi connectivity index (χ2v) is 20.1. The molecule has 0 saturated carbocycles. The minimum absolute atomic E-state index is 0.217. The molecule has 1 aliphatic heterocycles. The topological polar surface area (TPSA) is 152 Å². The van der Waals surface area contributed by atoms with Crippen LogP contribution in [0.1, 0.15) is 271 Å². The van der Waals surface area contributed by atoms with Crippen molar-refractivity contribution in [3.8, 4) is 0 Å². The molecule has 6 atom stereocenters. The Morgan fingerprint density at radius 3 is 1.22 bits per heavy atom. The van der Waals surface area contributed by atoms with Crippen LogP contribution in [0.4, 0.5) is 0 Å². The standard InChI is InChI=1S/C59H108O10/c1-3-5-7-9-11-13-15-17-19-21-23-25-26-28-30-32-34-36-38-40-42-44-46-48-55(62)68-52(51-67-59-58(65)57(64)56(63)53(49-60)69-59)50-66-54(61)47-45-43-41-39-37-35-33-31-29-27-24-22-20-18-16-14-12-10-8-6-4-2/h15,17,21-24,52-53,56-60,63-65H,3-14,16,18-20,25-51H2,1-2H3/b17-15-,23-21-,24-22-. The van der Waals surface area contributed by atoms with Crippen molar-refractivity contribution in [1.82, 2.24) is 0 Å². The first-order chi connectivity index (χ1) is 33.8. The summed E-state index contributed by atoms with van der Waals surface area (Å²) in [5, 5.41) is 40.3. The first-order valence-corrected chi connectivity index (χ1v) is 29.1. The van der Waals surface area contributed by atoms with Crippen molar-refractivity contribution < 1.29 is 49.0 Å². The van der Waals surface area contributed by atoms with E-state index < -0.39 is 49.4 Å². The summed E-state index contributed by atoms with van der Waals surface area (Å²) in [6.07, 6.45) is 53.0. The van der Waals surface area contributed by atoms with Crippen LogP contribution in [-0.4, -0.2) is 89.0 Å². The summed E-state index contributed by atoms with van der Waals surface area (Å²) in [5.74, 6) is -0.800. The molecule has 10 nitrogen and oxygen atoms in total. The third-order valence-electron chi connectivity index (χ3n) is 13.5. The Balaban J connectivity index is 2.20. The van der Waals surface area contributed by atoms with E-state index >= 15 is 0 Å². The summed E-state index contributed by atoms with van der Waals surface area (Å²) in [6, 6.07) is 0. The molecular formula is C59H108O10. The molecule has 1 fully saturated rings. The fourth-order valence-corrected chi connectivity index (χ4v) is 8.92. The Kier molecular flexibility index (Phi) is 46.6. The maximum absolute atomic E-state index is 12.9. The van der Waals surface area contributed by atoms with Crippen LogP contribution in [-0.2, 0) is 28.5 Å². The molecule has 10 heteroatoms. The van der Waals surface area contributed by atoms with Gasteiger partial charge in [-0.2, -0.15) is 0 Å². The van der Waals surface area contributed by atoms with Crippen molar-refractivity contribution in [2.45, 2.75) is 307 Å². The van der Waals surface area contributed by atoms with Crippen LogP contribution in [0.25, 0.3) is 0 Å². The van der Waals surface area contributed by atoms with Gasteiger partial charge >= 0.3 is 11.9 Å². The fraction of sp³-hybridized carbons (Fsp3) is 0.864. The highest BCUT2D eigenvalue weighted by Gasteiger charge is 2.44. The van der Waals surface area contributed by atoms with E-state index in [1.165, 1.54) is 186 Å². The second kappa shape index (κ2) is 49.5. The summed E-state index contributed by atoms with van der Waals surface area (Å²) < 4.78 is 22.3. The number of unbranched alkanes of at least 4 members (excludes halogenated alkanes) is 33. The molecule has 4 N–H and O–H groups in total. The monoisotopic (exact) mass is 977 g/mol. The Bertz CT molecular complexity index is 1220. The quantitative estimate of drug-likeness (QED) is 0.0263. The van der Waals surface area contributed by atoms with Crippen LogP contribution in [0.3, 0.4) is 0 Å². The first-order valence-electron chi connectivity index (χ1n) is 29.1. The molecular weight excluding hydrogens is 869 g/mol. The van der Waals surface area contributed by atoms with Crippen LogP contribution < -0.4 is 0 Å². The largest absolute Gasteiger partial charge is 0.462 e. The van der Waals surface area contributed by atoms with Gasteiger partial charge in [0.2, 0.25) is 0 Å². The Labute approximate surface area is 423 Å². The third-order valence-corrected chi connectivity index (χ3v) is 13.5. The average molecular weight is 978 g/mol. The lowest BCUT2D eigenvalue weighted by molar-refractivity contribution is -0.305. The molecule has 0 radical (unpaired) electrons. The van der Waals surface area contributed by atoms with Gasteiger partial charge in [-0.15, -0.1) is 0 Å². The molecule has 404 valence electrons. The lowest BCUT2D eigenvalue weighted by Gasteiger charge is -2.39. The summed E-state index contributed by atoms with van der Waals surface area (Å²) in [5.41, 5.74) is 0. The third kappa shape index (κ3) is 40.1. The molecule has 69 heavy (non-hydrogen) atoms. The van der Waals surface area contributed by atoms with E-state index in [4.69, 9.17) is 18.9 Å². The number of aliphatic hydroxyl groups is 4. The first kappa shape index (κ1) is 64.9. The highest BCUT2D eigenvalue weighted by atomic mass is 16.7. The molecule has 0 aliphatic carbocycles. The van der Waals surface area contributed by atoms with E-state index in [2.05, 4.69) is 50.3 Å². The zero-order valence-electron chi connectivity index (χ0n) is 44.6. The molecule has 0 bridgehead atoms. The Hall–Kier alpha value is -2.08. The van der Waals surface area contributed by atoms with Crippen molar-refractivity contribution in [1.29, 1.82) is 0 Å². The predicted octanol–water partition coefficient (Wildman–Crippen LogP) is 14.6. The number of hydrogen-bond donors (Lipinski definition) is 4. The van der Waals surface area contributed by atoms with Gasteiger partial charge in [-0.1, -0.05) is 224 Å². The number of ether oxygens (including phenoxy) is 4. The van der Waals surface area contributed by atoms with Crippen LogP contribution >= 0.6 is 0 Å². The molecule has 0 aromatic heterocycles. The minimum atomic E-state index is -1.60. The van der Waals surface area contributed by atoms with E-state index in [9.17, 15) is 30.0 Å². The zero-order valence-corrected chi connectivity index (χ0v) is 44.6. The van der Waals surface area contributed by atoms with Crippen molar-refractivity contribution in [2.75, 3.05) is 19.8 Å². The maximum Gasteiger partial charge on any atom is 0.306 e. The number of esters is 2. The van der Waals surface area contributed by atoms with Gasteiger partial charge in [-0.25, -0.2) is 0 Å². The van der Waals surface area contributed by atoms with Crippen molar-refractivity contribution in [3.63, 3.8) is 0 Å². The summed E-state index contributed by atoms with van der Waals surface area (Å²) in [7, 11) is 0. The van der Waals surface area contributed by atoms with Gasteiger partial charge in [-0.3, -0.25) is 9.59 Å². The Morgan fingerprint density at radius 2 is 0.812 bits per heavy atom. The van der Waals surface area contributed by atoms with E-state index in [0.717, 1.165) is 51.4 Å². The van der Waals surface area contributed by atoms with Gasteiger partial charge in [0.1, 0.15) is 31.0 Å². The molecule has 0 aromatic rings. The Morgan fingerprint density at radius 1 is 0.449 bits per heavy atom. The summed E-state index contributed by atoms with van der Waals surface area (Å²) in [4.78, 5) is 25.6. The molecule has 1 heterocycles. The van der Waals surface area contributed by atoms with E-state index in [1.54, 1.807) is 0 Å². The van der Waals surface area contributed by atoms with Gasteiger partial charge in [0.25, 0.3) is 0 Å². The van der Waals surface area contributed by atoms with E-state index in [-0.39, 0.29) is 32.0 Å².